The number of nitrogens with one attached hydrogen (secondary N) is 1. The number of hydrogen-bond acceptors (Lipinski definition) is 2. The lowest BCUT2D eigenvalue weighted by Gasteiger charge is -2.13. The number of ether oxygens (including phenoxy) is 1. The summed E-state index contributed by atoms with van der Waals surface area (Å²) in [5.74, 6) is 1.57. The molecule has 1 aromatic carbocycles. The van der Waals surface area contributed by atoms with Crippen molar-refractivity contribution in [3.8, 4) is 5.75 Å². The lowest BCUT2D eigenvalue weighted by atomic mass is 10.1. The maximum Gasteiger partial charge on any atom is 0.122 e. The summed E-state index contributed by atoms with van der Waals surface area (Å²) in [4.78, 5) is 0. The first-order valence-electron chi connectivity index (χ1n) is 5.67. The molecule has 0 saturated carbocycles. The normalized spacial score (nSPS) is 12.5. The number of rotatable bonds is 6. The molecule has 1 aromatic rings. The van der Waals surface area contributed by atoms with E-state index in [9.17, 15) is 0 Å². The van der Waals surface area contributed by atoms with Crippen LogP contribution in [0.4, 0.5) is 0 Å². The Bertz CT molecular complexity index is 328. The van der Waals surface area contributed by atoms with Gasteiger partial charge in [-0.25, -0.2) is 0 Å². The fourth-order valence-corrected chi connectivity index (χ4v) is 1.82. The second-order valence-electron chi connectivity index (χ2n) is 4.21. The third kappa shape index (κ3) is 4.42. The van der Waals surface area contributed by atoms with Crippen LogP contribution in [0.3, 0.4) is 0 Å². The van der Waals surface area contributed by atoms with Crippen LogP contribution < -0.4 is 10.1 Å². The predicted octanol–water partition coefficient (Wildman–Crippen LogP) is 3.27. The molecule has 1 N–H and O–H groups in total. The van der Waals surface area contributed by atoms with E-state index in [0.717, 1.165) is 35.9 Å². The molecule has 0 radical (unpaired) electrons. The van der Waals surface area contributed by atoms with E-state index in [1.165, 1.54) is 0 Å². The lowest BCUT2D eigenvalue weighted by Crippen LogP contribution is -2.18. The van der Waals surface area contributed by atoms with Crippen molar-refractivity contribution in [3.05, 3.63) is 28.8 Å². The second-order valence-corrected chi connectivity index (χ2v) is 4.65. The summed E-state index contributed by atoms with van der Waals surface area (Å²) in [7, 11) is 1.97. The molecule has 1 atom stereocenters. The number of hydrogen-bond donors (Lipinski definition) is 1. The van der Waals surface area contributed by atoms with Gasteiger partial charge in [-0.2, -0.15) is 0 Å². The Balaban J connectivity index is 2.37. The summed E-state index contributed by atoms with van der Waals surface area (Å²) in [5.41, 5.74) is 1.09. The van der Waals surface area contributed by atoms with Crippen molar-refractivity contribution in [1.29, 1.82) is 0 Å². The van der Waals surface area contributed by atoms with Crippen molar-refractivity contribution in [2.24, 2.45) is 5.92 Å². The second kappa shape index (κ2) is 6.77. The van der Waals surface area contributed by atoms with Crippen LogP contribution in [0.2, 0.25) is 5.02 Å². The largest absolute Gasteiger partial charge is 0.493 e. The third-order valence-corrected chi connectivity index (χ3v) is 2.79. The van der Waals surface area contributed by atoms with Crippen LogP contribution in [0.15, 0.2) is 18.2 Å². The van der Waals surface area contributed by atoms with Gasteiger partial charge in [0.15, 0.2) is 0 Å². The average Bonchev–Trinajstić information content (AvgIpc) is 2.22. The average molecular weight is 242 g/mol. The van der Waals surface area contributed by atoms with E-state index in [1.54, 1.807) is 0 Å². The molecule has 0 saturated heterocycles. The summed E-state index contributed by atoms with van der Waals surface area (Å²) < 4.78 is 5.72. The predicted molar refractivity (Wildman–Crippen MR) is 69.4 cm³/mol. The van der Waals surface area contributed by atoms with Crippen molar-refractivity contribution >= 4 is 11.6 Å². The van der Waals surface area contributed by atoms with E-state index in [0.29, 0.717) is 5.92 Å². The van der Waals surface area contributed by atoms with Gasteiger partial charge in [0, 0.05) is 5.02 Å². The van der Waals surface area contributed by atoms with E-state index in [2.05, 4.69) is 12.2 Å². The highest BCUT2D eigenvalue weighted by Gasteiger charge is 2.03. The van der Waals surface area contributed by atoms with Crippen molar-refractivity contribution < 1.29 is 4.74 Å². The molecular weight excluding hydrogens is 222 g/mol. The minimum absolute atomic E-state index is 0.637. The Morgan fingerprint density at radius 2 is 2.19 bits per heavy atom. The number of halogens is 1. The van der Waals surface area contributed by atoms with Crippen LogP contribution in [-0.2, 0) is 0 Å². The quantitative estimate of drug-likeness (QED) is 0.826. The summed E-state index contributed by atoms with van der Waals surface area (Å²) in [6.45, 7) is 6.01. The molecule has 0 aromatic heterocycles. The minimum atomic E-state index is 0.637. The number of benzene rings is 1. The molecule has 0 aliphatic carbocycles. The standard InChI is InChI=1S/C13H20ClNO/c1-10(9-15-3)6-7-16-13-5-4-12(14)8-11(13)2/h4-5,8,10,15H,6-7,9H2,1-3H3. The Morgan fingerprint density at radius 3 is 2.81 bits per heavy atom. The Kier molecular flexibility index (Phi) is 5.64. The molecule has 2 nitrogen and oxygen atoms in total. The zero-order chi connectivity index (χ0) is 12.0. The SMILES string of the molecule is CNCC(C)CCOc1ccc(Cl)cc1C. The fraction of sp³-hybridized carbons (Fsp3) is 0.538. The highest BCUT2D eigenvalue weighted by molar-refractivity contribution is 6.30. The molecule has 90 valence electrons. The summed E-state index contributed by atoms with van der Waals surface area (Å²) in [6.07, 6.45) is 1.06. The maximum atomic E-state index is 5.88. The van der Waals surface area contributed by atoms with Gasteiger partial charge in [0.2, 0.25) is 0 Å². The van der Waals surface area contributed by atoms with Crippen molar-refractivity contribution in [1.82, 2.24) is 5.32 Å². The van der Waals surface area contributed by atoms with Crippen LogP contribution in [0.5, 0.6) is 5.75 Å². The lowest BCUT2D eigenvalue weighted by molar-refractivity contribution is 0.281. The molecule has 0 amide bonds. The minimum Gasteiger partial charge on any atom is -0.493 e. The van der Waals surface area contributed by atoms with Gasteiger partial charge < -0.3 is 10.1 Å². The van der Waals surface area contributed by atoms with Gasteiger partial charge in [-0.15, -0.1) is 0 Å². The zero-order valence-electron chi connectivity index (χ0n) is 10.2. The molecule has 0 bridgehead atoms. The van der Waals surface area contributed by atoms with E-state index in [4.69, 9.17) is 16.3 Å². The molecule has 0 aliphatic rings. The summed E-state index contributed by atoms with van der Waals surface area (Å²) in [6, 6.07) is 5.72. The van der Waals surface area contributed by atoms with Crippen LogP contribution in [0, 0.1) is 12.8 Å². The molecule has 3 heteroatoms. The van der Waals surface area contributed by atoms with Gasteiger partial charge in [0.05, 0.1) is 6.61 Å². The maximum absolute atomic E-state index is 5.88. The van der Waals surface area contributed by atoms with Crippen LogP contribution >= 0.6 is 11.6 Å². The fourth-order valence-electron chi connectivity index (χ4n) is 1.60. The molecule has 0 heterocycles. The van der Waals surface area contributed by atoms with Gasteiger partial charge in [-0.3, -0.25) is 0 Å². The Hall–Kier alpha value is -0.730. The Morgan fingerprint density at radius 1 is 1.44 bits per heavy atom. The first-order valence-corrected chi connectivity index (χ1v) is 6.05. The summed E-state index contributed by atoms with van der Waals surface area (Å²) in [5, 5.41) is 3.92. The van der Waals surface area contributed by atoms with Crippen LogP contribution in [0.1, 0.15) is 18.9 Å². The van der Waals surface area contributed by atoms with E-state index >= 15 is 0 Å². The van der Waals surface area contributed by atoms with E-state index < -0.39 is 0 Å². The molecule has 0 spiro atoms. The van der Waals surface area contributed by atoms with Gasteiger partial charge in [0.25, 0.3) is 0 Å². The molecular formula is C13H20ClNO. The zero-order valence-corrected chi connectivity index (χ0v) is 11.0. The molecule has 0 fully saturated rings. The highest BCUT2D eigenvalue weighted by Crippen LogP contribution is 2.22. The molecule has 1 rings (SSSR count). The van der Waals surface area contributed by atoms with E-state index in [-0.39, 0.29) is 0 Å². The molecule has 16 heavy (non-hydrogen) atoms. The van der Waals surface area contributed by atoms with Crippen molar-refractivity contribution in [3.63, 3.8) is 0 Å². The van der Waals surface area contributed by atoms with Crippen LogP contribution in [0.25, 0.3) is 0 Å². The smallest absolute Gasteiger partial charge is 0.122 e. The van der Waals surface area contributed by atoms with Crippen molar-refractivity contribution in [2.45, 2.75) is 20.3 Å². The monoisotopic (exact) mass is 241 g/mol. The Labute approximate surface area is 103 Å². The van der Waals surface area contributed by atoms with Crippen molar-refractivity contribution in [2.75, 3.05) is 20.2 Å². The third-order valence-electron chi connectivity index (χ3n) is 2.56. The summed E-state index contributed by atoms with van der Waals surface area (Å²) >= 11 is 5.88. The van der Waals surface area contributed by atoms with E-state index in [1.807, 2.05) is 32.2 Å². The van der Waals surface area contributed by atoms with Crippen LogP contribution in [-0.4, -0.2) is 20.2 Å². The number of aryl methyl sites for hydroxylation is 1. The highest BCUT2D eigenvalue weighted by atomic mass is 35.5. The van der Waals surface area contributed by atoms with Gasteiger partial charge in [-0.1, -0.05) is 18.5 Å². The molecule has 0 aliphatic heterocycles. The first-order chi connectivity index (χ1) is 7.63. The molecule has 1 unspecified atom stereocenters. The van der Waals surface area contributed by atoms with Gasteiger partial charge >= 0.3 is 0 Å². The topological polar surface area (TPSA) is 21.3 Å². The van der Waals surface area contributed by atoms with Gasteiger partial charge in [0.1, 0.15) is 5.75 Å². The first kappa shape index (κ1) is 13.3. The van der Waals surface area contributed by atoms with Gasteiger partial charge in [-0.05, 0) is 56.6 Å².